The van der Waals surface area contributed by atoms with E-state index in [2.05, 4.69) is 83.3 Å². The van der Waals surface area contributed by atoms with Gasteiger partial charge in [0, 0.05) is 18.0 Å². The van der Waals surface area contributed by atoms with Crippen LogP contribution in [-0.4, -0.2) is 23.5 Å². The molecule has 0 aliphatic heterocycles. The van der Waals surface area contributed by atoms with E-state index in [1.807, 2.05) is 12.1 Å². The van der Waals surface area contributed by atoms with E-state index in [1.165, 1.54) is 16.7 Å². The van der Waals surface area contributed by atoms with E-state index in [0.29, 0.717) is 23.3 Å². The maximum atomic E-state index is 12.3. The number of carbonyl (C=O) groups is 2. The van der Waals surface area contributed by atoms with E-state index in [9.17, 15) is 9.59 Å². The number of carboxylic acids is 1. The molecule has 2 aromatic rings. The molecule has 1 amide bonds. The molecule has 0 aromatic heterocycles. The topological polar surface area (TPSA) is 75.6 Å². The second-order valence-electron chi connectivity index (χ2n) is 10.4. The second kappa shape index (κ2) is 12.1. The highest BCUT2D eigenvalue weighted by molar-refractivity contribution is 5.94. The fourth-order valence-electron chi connectivity index (χ4n) is 4.81. The maximum absolute atomic E-state index is 12.3. The summed E-state index contributed by atoms with van der Waals surface area (Å²) >= 11 is 0. The van der Waals surface area contributed by atoms with E-state index in [4.69, 9.17) is 9.84 Å². The Morgan fingerprint density at radius 1 is 0.972 bits per heavy atom. The van der Waals surface area contributed by atoms with E-state index in [0.717, 1.165) is 11.3 Å². The van der Waals surface area contributed by atoms with E-state index in [1.54, 1.807) is 12.1 Å². The minimum Gasteiger partial charge on any atom is -0.486 e. The molecule has 3 rings (SSSR count). The van der Waals surface area contributed by atoms with Crippen molar-refractivity contribution in [3.63, 3.8) is 0 Å². The van der Waals surface area contributed by atoms with Crippen LogP contribution < -0.4 is 5.32 Å². The fourth-order valence-corrected chi connectivity index (χ4v) is 4.81. The summed E-state index contributed by atoms with van der Waals surface area (Å²) in [5.74, 6) is 1.05. The average Bonchev–Trinajstić information content (AvgIpc) is 2.82. The summed E-state index contributed by atoms with van der Waals surface area (Å²) in [4.78, 5) is 22.9. The van der Waals surface area contributed by atoms with E-state index >= 15 is 0 Å². The van der Waals surface area contributed by atoms with Gasteiger partial charge in [0.1, 0.15) is 11.9 Å². The maximum Gasteiger partial charge on any atom is 0.305 e. The lowest BCUT2D eigenvalue weighted by molar-refractivity contribution is -0.136. The minimum atomic E-state index is -0.937. The molecule has 0 bridgehead atoms. The summed E-state index contributed by atoms with van der Waals surface area (Å²) in [6, 6.07) is 16.3. The van der Waals surface area contributed by atoms with Gasteiger partial charge in [-0.1, -0.05) is 76.6 Å². The lowest BCUT2D eigenvalue weighted by Gasteiger charge is -2.31. The van der Waals surface area contributed by atoms with Crippen LogP contribution in [0.5, 0.6) is 0 Å². The first-order valence-corrected chi connectivity index (χ1v) is 12.8. The third kappa shape index (κ3) is 6.87. The first-order chi connectivity index (χ1) is 17.1. The quantitative estimate of drug-likeness (QED) is 0.377. The molecule has 0 fully saturated rings. The van der Waals surface area contributed by atoms with Gasteiger partial charge in [-0.3, -0.25) is 9.59 Å². The zero-order chi connectivity index (χ0) is 26.4. The number of ether oxygens (including phenoxy) is 1. The van der Waals surface area contributed by atoms with E-state index in [-0.39, 0.29) is 30.9 Å². The van der Waals surface area contributed by atoms with Gasteiger partial charge >= 0.3 is 5.97 Å². The van der Waals surface area contributed by atoms with Crippen LogP contribution in [0.15, 0.2) is 72.0 Å². The van der Waals surface area contributed by atoms with Gasteiger partial charge in [0.25, 0.3) is 5.91 Å². The molecule has 0 heterocycles. The first kappa shape index (κ1) is 27.3. The SMILES string of the molecule is CC1=CC(OC(c2ccc(C(=O)NCCC(=O)O)cc2)C(C)C)=CC(C)C1c1ccc(C(C)C)cc1. The molecule has 2 N–H and O–H groups in total. The standard InChI is InChI=1S/C31H39NO4/c1-19(2)23-7-9-24(10-8-23)29-21(5)17-27(18-22(29)6)36-30(20(3)4)25-11-13-26(14-12-25)31(35)32-16-15-28(33)34/h7-14,17-21,29-30H,15-16H2,1-6H3,(H,32,35)(H,33,34). The van der Waals surface area contributed by atoms with Crippen LogP contribution in [0.2, 0.25) is 0 Å². The first-order valence-electron chi connectivity index (χ1n) is 12.8. The molecule has 0 spiro atoms. The average molecular weight is 490 g/mol. The predicted molar refractivity (Wildman–Crippen MR) is 144 cm³/mol. The predicted octanol–water partition coefficient (Wildman–Crippen LogP) is 6.99. The van der Waals surface area contributed by atoms with Crippen molar-refractivity contribution in [2.75, 3.05) is 6.54 Å². The van der Waals surface area contributed by atoms with E-state index < -0.39 is 5.97 Å². The Kier molecular flexibility index (Phi) is 9.14. The number of hydrogen-bond donors (Lipinski definition) is 2. The van der Waals surface area contributed by atoms with Crippen molar-refractivity contribution in [3.05, 3.63) is 94.3 Å². The van der Waals surface area contributed by atoms with Gasteiger partial charge in [-0.05, 0) is 65.7 Å². The van der Waals surface area contributed by atoms with Crippen LogP contribution in [-0.2, 0) is 9.53 Å². The zero-order valence-corrected chi connectivity index (χ0v) is 22.2. The van der Waals surface area contributed by atoms with Gasteiger partial charge < -0.3 is 15.2 Å². The molecule has 0 radical (unpaired) electrons. The number of allylic oxidation sites excluding steroid dienone is 3. The van der Waals surface area contributed by atoms with Gasteiger partial charge in [0.2, 0.25) is 0 Å². The second-order valence-corrected chi connectivity index (χ2v) is 10.4. The molecule has 1 aliphatic carbocycles. The van der Waals surface area contributed by atoms with Crippen LogP contribution in [0.3, 0.4) is 0 Å². The molecule has 5 heteroatoms. The summed E-state index contributed by atoms with van der Waals surface area (Å²) in [6.07, 6.45) is 4.12. The highest BCUT2D eigenvalue weighted by atomic mass is 16.5. The molecule has 0 saturated carbocycles. The van der Waals surface area contributed by atoms with Crippen molar-refractivity contribution >= 4 is 11.9 Å². The number of rotatable bonds is 10. The minimum absolute atomic E-state index is 0.0995. The van der Waals surface area contributed by atoms with Gasteiger partial charge in [0.15, 0.2) is 0 Å². The van der Waals surface area contributed by atoms with Crippen LogP contribution in [0, 0.1) is 11.8 Å². The van der Waals surface area contributed by atoms with Crippen molar-refractivity contribution in [2.45, 2.75) is 65.9 Å². The number of carboxylic acid groups (broad SMARTS) is 1. The lowest BCUT2D eigenvalue weighted by Crippen LogP contribution is -2.26. The Labute approximate surface area is 215 Å². The normalized spacial score (nSPS) is 18.4. The summed E-state index contributed by atoms with van der Waals surface area (Å²) in [5, 5.41) is 11.4. The summed E-state index contributed by atoms with van der Waals surface area (Å²) < 4.78 is 6.53. The molecule has 5 nitrogen and oxygen atoms in total. The summed E-state index contributed by atoms with van der Waals surface area (Å²) in [6.45, 7) is 13.2. The third-order valence-electron chi connectivity index (χ3n) is 6.77. The zero-order valence-electron chi connectivity index (χ0n) is 22.2. The number of hydrogen-bond acceptors (Lipinski definition) is 3. The number of nitrogens with one attached hydrogen (secondary N) is 1. The lowest BCUT2D eigenvalue weighted by atomic mass is 9.78. The Hall–Kier alpha value is -3.34. The van der Waals surface area contributed by atoms with Crippen LogP contribution in [0.25, 0.3) is 0 Å². The van der Waals surface area contributed by atoms with Crippen molar-refractivity contribution < 1.29 is 19.4 Å². The number of aliphatic carboxylic acids is 1. The van der Waals surface area contributed by atoms with Gasteiger partial charge in [0.05, 0.1) is 6.42 Å². The van der Waals surface area contributed by atoms with Gasteiger partial charge in [-0.15, -0.1) is 0 Å². The molecule has 0 saturated heterocycles. The van der Waals surface area contributed by atoms with Crippen molar-refractivity contribution in [1.29, 1.82) is 0 Å². The third-order valence-corrected chi connectivity index (χ3v) is 6.77. The van der Waals surface area contributed by atoms with Gasteiger partial charge in [-0.25, -0.2) is 0 Å². The molecular formula is C31H39NO4. The van der Waals surface area contributed by atoms with Crippen LogP contribution in [0.1, 0.15) is 93.0 Å². The molecule has 3 unspecified atom stereocenters. The number of amides is 1. The number of carbonyl (C=O) groups excluding carboxylic acids is 1. The highest BCUT2D eigenvalue weighted by Crippen LogP contribution is 2.40. The van der Waals surface area contributed by atoms with Gasteiger partial charge in [-0.2, -0.15) is 0 Å². The Bertz CT molecular complexity index is 1110. The molecule has 1 aliphatic rings. The smallest absolute Gasteiger partial charge is 0.305 e. The Balaban J connectivity index is 1.71. The highest BCUT2D eigenvalue weighted by Gasteiger charge is 2.26. The number of benzene rings is 2. The molecule has 3 atom stereocenters. The van der Waals surface area contributed by atoms with Crippen molar-refractivity contribution in [3.8, 4) is 0 Å². The monoisotopic (exact) mass is 489 g/mol. The van der Waals surface area contributed by atoms with Crippen molar-refractivity contribution in [1.82, 2.24) is 5.32 Å². The summed E-state index contributed by atoms with van der Waals surface area (Å²) in [5.41, 5.74) is 5.46. The molecule has 192 valence electrons. The Morgan fingerprint density at radius 3 is 2.11 bits per heavy atom. The Morgan fingerprint density at radius 2 is 1.58 bits per heavy atom. The largest absolute Gasteiger partial charge is 0.486 e. The molecule has 2 aromatic carbocycles. The van der Waals surface area contributed by atoms with Crippen LogP contribution in [0.4, 0.5) is 0 Å². The molecular weight excluding hydrogens is 450 g/mol. The van der Waals surface area contributed by atoms with Crippen LogP contribution >= 0.6 is 0 Å². The van der Waals surface area contributed by atoms with Crippen molar-refractivity contribution in [2.24, 2.45) is 11.8 Å². The summed E-state index contributed by atoms with van der Waals surface area (Å²) in [7, 11) is 0. The fraction of sp³-hybridized carbons (Fsp3) is 0.419. The molecule has 36 heavy (non-hydrogen) atoms.